The molecule has 0 bridgehead atoms. The molecule has 2 rings (SSSR count). The lowest BCUT2D eigenvalue weighted by atomic mass is 10.1. The SMILES string of the molecule is CCN(C)/C=N/c1cc(C)c(Oc2cccc(C(F)(F)F)c2F)cc1C. The molecule has 0 N–H and O–H groups in total. The number of halogens is 4. The van der Waals surface area contributed by atoms with Crippen LogP contribution in [0.15, 0.2) is 35.3 Å². The molecule has 0 amide bonds. The minimum absolute atomic E-state index is 0.281. The molecule has 0 heterocycles. The predicted molar refractivity (Wildman–Crippen MR) is 93.8 cm³/mol. The number of benzene rings is 2. The molecule has 0 atom stereocenters. The van der Waals surface area contributed by atoms with E-state index in [4.69, 9.17) is 4.74 Å². The van der Waals surface area contributed by atoms with Crippen molar-refractivity contribution in [2.75, 3.05) is 13.6 Å². The average Bonchev–Trinajstić information content (AvgIpc) is 2.56. The van der Waals surface area contributed by atoms with Gasteiger partial charge in [-0.15, -0.1) is 0 Å². The van der Waals surface area contributed by atoms with Gasteiger partial charge < -0.3 is 9.64 Å². The van der Waals surface area contributed by atoms with Gasteiger partial charge in [-0.2, -0.15) is 13.2 Å². The van der Waals surface area contributed by atoms with Crippen LogP contribution >= 0.6 is 0 Å². The van der Waals surface area contributed by atoms with Crippen molar-refractivity contribution >= 4 is 12.0 Å². The Morgan fingerprint density at radius 2 is 1.81 bits per heavy atom. The Bertz CT molecular complexity index is 816. The van der Waals surface area contributed by atoms with Crippen LogP contribution in [-0.2, 0) is 6.18 Å². The van der Waals surface area contributed by atoms with Crippen molar-refractivity contribution in [1.82, 2.24) is 4.90 Å². The summed E-state index contributed by atoms with van der Waals surface area (Å²) in [7, 11) is 1.89. The third-order valence-corrected chi connectivity index (χ3v) is 3.87. The lowest BCUT2D eigenvalue weighted by molar-refractivity contribution is -0.140. The summed E-state index contributed by atoms with van der Waals surface area (Å²) in [5.74, 6) is -1.61. The molecule has 0 unspecified atom stereocenters. The maximum Gasteiger partial charge on any atom is 0.419 e. The highest BCUT2D eigenvalue weighted by Crippen LogP contribution is 2.37. The third kappa shape index (κ3) is 4.53. The van der Waals surface area contributed by atoms with Crippen LogP contribution in [0.2, 0.25) is 0 Å². The number of aryl methyl sites for hydroxylation is 2. The highest BCUT2D eigenvalue weighted by atomic mass is 19.4. The second-order valence-corrected chi connectivity index (χ2v) is 5.94. The fourth-order valence-electron chi connectivity index (χ4n) is 2.19. The van der Waals surface area contributed by atoms with Gasteiger partial charge in [0.05, 0.1) is 17.6 Å². The summed E-state index contributed by atoms with van der Waals surface area (Å²) in [6, 6.07) is 6.34. The molecule has 0 saturated carbocycles. The Kier molecular flexibility index (Phi) is 5.90. The van der Waals surface area contributed by atoms with Crippen LogP contribution < -0.4 is 4.74 Å². The number of hydrogen-bond acceptors (Lipinski definition) is 2. The van der Waals surface area contributed by atoms with Crippen molar-refractivity contribution in [1.29, 1.82) is 0 Å². The van der Waals surface area contributed by atoms with E-state index in [0.717, 1.165) is 18.2 Å². The van der Waals surface area contributed by atoms with Gasteiger partial charge in [0, 0.05) is 13.6 Å². The zero-order chi connectivity index (χ0) is 19.5. The summed E-state index contributed by atoms with van der Waals surface area (Å²) in [5.41, 5.74) is 0.755. The Morgan fingerprint density at radius 1 is 1.12 bits per heavy atom. The van der Waals surface area contributed by atoms with Crippen LogP contribution in [0.1, 0.15) is 23.6 Å². The van der Waals surface area contributed by atoms with Gasteiger partial charge in [-0.25, -0.2) is 9.38 Å². The molecule has 0 aromatic heterocycles. The van der Waals surface area contributed by atoms with Crippen molar-refractivity contribution in [3.8, 4) is 11.5 Å². The van der Waals surface area contributed by atoms with E-state index in [1.807, 2.05) is 18.9 Å². The van der Waals surface area contributed by atoms with E-state index in [1.165, 1.54) is 6.07 Å². The quantitative estimate of drug-likeness (QED) is 0.375. The standard InChI is InChI=1S/C19H20F4N2O/c1-5-25(4)11-24-15-9-13(3)17(10-12(15)2)26-16-8-6-7-14(18(16)20)19(21,22)23/h6-11H,5H2,1-4H3/b24-11+. The molecular formula is C19H20F4N2O. The van der Waals surface area contributed by atoms with Gasteiger partial charge in [-0.05, 0) is 56.2 Å². The minimum Gasteiger partial charge on any atom is -0.454 e. The number of hydrogen-bond donors (Lipinski definition) is 0. The first-order valence-electron chi connectivity index (χ1n) is 8.02. The minimum atomic E-state index is -4.78. The van der Waals surface area contributed by atoms with E-state index < -0.39 is 23.3 Å². The normalized spacial score (nSPS) is 11.8. The lowest BCUT2D eigenvalue weighted by Gasteiger charge is -2.15. The molecule has 0 aliphatic rings. The molecule has 26 heavy (non-hydrogen) atoms. The highest BCUT2D eigenvalue weighted by molar-refractivity contribution is 5.64. The fourth-order valence-corrected chi connectivity index (χ4v) is 2.19. The van der Waals surface area contributed by atoms with Crippen LogP contribution in [0.4, 0.5) is 23.2 Å². The molecule has 2 aromatic carbocycles. The summed E-state index contributed by atoms with van der Waals surface area (Å²) in [4.78, 5) is 6.27. The molecule has 0 fully saturated rings. The highest BCUT2D eigenvalue weighted by Gasteiger charge is 2.35. The predicted octanol–water partition coefficient (Wildman–Crippen LogP) is 5.87. The van der Waals surface area contributed by atoms with Gasteiger partial charge in [0.2, 0.25) is 0 Å². The van der Waals surface area contributed by atoms with Crippen LogP contribution in [0.25, 0.3) is 0 Å². The van der Waals surface area contributed by atoms with Gasteiger partial charge in [-0.3, -0.25) is 0 Å². The number of rotatable bonds is 5. The van der Waals surface area contributed by atoms with E-state index in [2.05, 4.69) is 4.99 Å². The maximum absolute atomic E-state index is 14.1. The largest absolute Gasteiger partial charge is 0.454 e. The third-order valence-electron chi connectivity index (χ3n) is 3.87. The molecule has 0 saturated heterocycles. The van der Waals surface area contributed by atoms with Gasteiger partial charge in [0.25, 0.3) is 0 Å². The summed E-state index contributed by atoms with van der Waals surface area (Å²) < 4.78 is 58.0. The van der Waals surface area contributed by atoms with E-state index in [9.17, 15) is 17.6 Å². The van der Waals surface area contributed by atoms with Gasteiger partial charge in [0.1, 0.15) is 5.75 Å². The molecule has 140 valence electrons. The second kappa shape index (κ2) is 7.76. The summed E-state index contributed by atoms with van der Waals surface area (Å²) in [6.07, 6.45) is -3.09. The maximum atomic E-state index is 14.1. The van der Waals surface area contributed by atoms with Gasteiger partial charge in [-0.1, -0.05) is 6.07 Å². The molecule has 0 aliphatic heterocycles. The monoisotopic (exact) mass is 368 g/mol. The molecular weight excluding hydrogens is 348 g/mol. The molecule has 7 heteroatoms. The molecule has 0 aliphatic carbocycles. The number of alkyl halides is 3. The van der Waals surface area contributed by atoms with E-state index in [1.54, 1.807) is 32.3 Å². The Hall–Kier alpha value is -2.57. The van der Waals surface area contributed by atoms with E-state index >= 15 is 0 Å². The topological polar surface area (TPSA) is 24.8 Å². The summed E-state index contributed by atoms with van der Waals surface area (Å²) >= 11 is 0. The molecule has 0 radical (unpaired) electrons. The van der Waals surface area contributed by atoms with E-state index in [-0.39, 0.29) is 5.75 Å². The average molecular weight is 368 g/mol. The number of nitrogens with zero attached hydrogens (tertiary/aromatic N) is 2. The Morgan fingerprint density at radius 3 is 2.42 bits per heavy atom. The lowest BCUT2D eigenvalue weighted by Crippen LogP contribution is -2.14. The smallest absolute Gasteiger partial charge is 0.419 e. The van der Waals surface area contributed by atoms with Crippen LogP contribution in [0.3, 0.4) is 0 Å². The molecule has 2 aromatic rings. The Labute approximate surface area is 149 Å². The first-order chi connectivity index (χ1) is 12.1. The first-order valence-corrected chi connectivity index (χ1v) is 8.02. The first kappa shape index (κ1) is 19.8. The van der Waals surface area contributed by atoms with Crippen molar-refractivity contribution < 1.29 is 22.3 Å². The zero-order valence-electron chi connectivity index (χ0n) is 15.0. The summed E-state index contributed by atoms with van der Waals surface area (Å²) in [5, 5.41) is 0. The Balaban J connectivity index is 2.34. The van der Waals surface area contributed by atoms with Crippen molar-refractivity contribution in [2.45, 2.75) is 26.9 Å². The number of ether oxygens (including phenoxy) is 1. The van der Waals surface area contributed by atoms with Crippen LogP contribution in [0, 0.1) is 19.7 Å². The van der Waals surface area contributed by atoms with Crippen molar-refractivity contribution in [2.24, 2.45) is 4.99 Å². The fraction of sp³-hybridized carbons (Fsp3) is 0.316. The zero-order valence-corrected chi connectivity index (χ0v) is 15.0. The molecule has 0 spiro atoms. The number of aliphatic imine (C=N–C) groups is 1. The van der Waals surface area contributed by atoms with Crippen molar-refractivity contribution in [3.63, 3.8) is 0 Å². The van der Waals surface area contributed by atoms with Gasteiger partial charge in [0.15, 0.2) is 11.6 Å². The van der Waals surface area contributed by atoms with Gasteiger partial charge >= 0.3 is 6.18 Å². The van der Waals surface area contributed by atoms with Crippen molar-refractivity contribution in [3.05, 3.63) is 52.8 Å². The van der Waals surface area contributed by atoms with Crippen LogP contribution in [-0.4, -0.2) is 24.8 Å². The van der Waals surface area contributed by atoms with Crippen LogP contribution in [0.5, 0.6) is 11.5 Å². The summed E-state index contributed by atoms with van der Waals surface area (Å²) in [6.45, 7) is 6.32. The molecule has 3 nitrogen and oxygen atoms in total. The van der Waals surface area contributed by atoms with E-state index in [0.29, 0.717) is 17.3 Å². The second-order valence-electron chi connectivity index (χ2n) is 5.94.